The highest BCUT2D eigenvalue weighted by molar-refractivity contribution is 5.81. The second kappa shape index (κ2) is 12.9. The topological polar surface area (TPSA) is 116 Å². The van der Waals surface area contributed by atoms with Gasteiger partial charge in [0.1, 0.15) is 13.2 Å². The average molecular weight is 483 g/mol. The minimum atomic E-state index is -1.11. The van der Waals surface area contributed by atoms with Crippen LogP contribution in [0.1, 0.15) is 49.7 Å². The van der Waals surface area contributed by atoms with Gasteiger partial charge < -0.3 is 25.2 Å². The molecule has 0 saturated heterocycles. The molecule has 0 saturated carbocycles. The summed E-state index contributed by atoms with van der Waals surface area (Å²) in [4.78, 5) is 36.7. The number of aliphatic carboxylic acids is 1. The Kier molecular flexibility index (Phi) is 9.66. The summed E-state index contributed by atoms with van der Waals surface area (Å²) in [5.41, 5.74) is 4.68. The van der Waals surface area contributed by atoms with E-state index in [0.717, 1.165) is 22.4 Å². The Hall–Kier alpha value is -3.39. The van der Waals surface area contributed by atoms with Crippen molar-refractivity contribution in [1.82, 2.24) is 10.2 Å². The van der Waals surface area contributed by atoms with Gasteiger partial charge in [-0.15, -0.1) is 0 Å². The molecule has 35 heavy (non-hydrogen) atoms. The number of benzene rings is 2. The number of carboxylic acid groups (broad SMARTS) is 1. The fourth-order valence-electron chi connectivity index (χ4n) is 4.64. The third kappa shape index (κ3) is 7.05. The number of nitrogens with zero attached hydrogens (tertiary/aromatic N) is 1. The van der Waals surface area contributed by atoms with Crippen LogP contribution >= 0.6 is 0 Å². The van der Waals surface area contributed by atoms with Gasteiger partial charge in [-0.1, -0.05) is 61.9 Å². The van der Waals surface area contributed by atoms with Crippen molar-refractivity contribution in [1.29, 1.82) is 0 Å². The molecule has 188 valence electrons. The van der Waals surface area contributed by atoms with Crippen LogP contribution in [0.2, 0.25) is 0 Å². The number of alkyl carbamates (subject to hydrolysis) is 1. The molecule has 2 amide bonds. The molecule has 1 unspecified atom stereocenters. The highest BCUT2D eigenvalue weighted by Crippen LogP contribution is 2.44. The Labute approximate surface area is 205 Å². The van der Waals surface area contributed by atoms with E-state index in [2.05, 4.69) is 29.6 Å². The van der Waals surface area contributed by atoms with Gasteiger partial charge in [-0.05, 0) is 41.0 Å². The first-order valence-corrected chi connectivity index (χ1v) is 12.1. The smallest absolute Gasteiger partial charge is 0.407 e. The zero-order chi connectivity index (χ0) is 25.2. The monoisotopic (exact) mass is 482 g/mol. The van der Waals surface area contributed by atoms with Gasteiger partial charge in [-0.25, -0.2) is 4.79 Å². The van der Waals surface area contributed by atoms with E-state index < -0.39 is 18.6 Å². The van der Waals surface area contributed by atoms with Gasteiger partial charge in [0.05, 0.1) is 6.61 Å². The number of carboxylic acids is 1. The number of fused-ring (bicyclic) bond motifs is 3. The molecule has 0 spiro atoms. The van der Waals surface area contributed by atoms with Crippen LogP contribution in [-0.4, -0.2) is 65.9 Å². The van der Waals surface area contributed by atoms with E-state index in [1.807, 2.05) is 31.2 Å². The van der Waals surface area contributed by atoms with Crippen molar-refractivity contribution in [3.05, 3.63) is 59.7 Å². The number of hydrogen-bond donors (Lipinski definition) is 3. The number of ether oxygens (including phenoxy) is 1. The van der Waals surface area contributed by atoms with E-state index in [9.17, 15) is 14.4 Å². The van der Waals surface area contributed by atoms with Crippen LogP contribution in [0.25, 0.3) is 11.1 Å². The van der Waals surface area contributed by atoms with Crippen LogP contribution in [-0.2, 0) is 14.3 Å². The van der Waals surface area contributed by atoms with Crippen molar-refractivity contribution in [3.8, 4) is 11.1 Å². The minimum Gasteiger partial charge on any atom is -0.480 e. The van der Waals surface area contributed by atoms with Gasteiger partial charge in [0, 0.05) is 25.4 Å². The van der Waals surface area contributed by atoms with E-state index in [1.165, 1.54) is 11.1 Å². The molecule has 3 N–H and O–H groups in total. The van der Waals surface area contributed by atoms with E-state index in [1.54, 1.807) is 0 Å². The van der Waals surface area contributed by atoms with Gasteiger partial charge in [0.15, 0.2) is 0 Å². The number of nitrogens with one attached hydrogen (secondary N) is 1. The molecular weight excluding hydrogens is 448 g/mol. The lowest BCUT2D eigenvalue weighted by molar-refractivity contribution is -0.144. The zero-order valence-corrected chi connectivity index (χ0v) is 20.1. The molecule has 0 aliphatic heterocycles. The molecule has 2 aromatic rings. The number of hydrogen-bond acceptors (Lipinski definition) is 5. The highest BCUT2D eigenvalue weighted by atomic mass is 16.5. The largest absolute Gasteiger partial charge is 0.480 e. The van der Waals surface area contributed by atoms with Crippen LogP contribution < -0.4 is 5.32 Å². The molecule has 0 fully saturated rings. The first-order valence-electron chi connectivity index (χ1n) is 12.1. The Morgan fingerprint density at radius 3 is 2.23 bits per heavy atom. The lowest BCUT2D eigenvalue weighted by atomic mass is 9.96. The van der Waals surface area contributed by atoms with Gasteiger partial charge >= 0.3 is 12.1 Å². The predicted molar refractivity (Wildman–Crippen MR) is 132 cm³/mol. The molecule has 8 nitrogen and oxygen atoms in total. The van der Waals surface area contributed by atoms with E-state index in [4.69, 9.17) is 14.9 Å². The molecule has 1 aliphatic carbocycles. The van der Waals surface area contributed by atoms with Crippen LogP contribution in [0, 0.1) is 5.92 Å². The van der Waals surface area contributed by atoms with Crippen LogP contribution in [0.5, 0.6) is 0 Å². The number of carbonyl (C=O) groups is 3. The molecule has 0 aromatic heterocycles. The maximum Gasteiger partial charge on any atom is 0.407 e. The number of aliphatic hydroxyl groups is 1. The number of aliphatic hydroxyl groups excluding tert-OH is 1. The summed E-state index contributed by atoms with van der Waals surface area (Å²) in [5.74, 6) is -1.18. The molecule has 0 heterocycles. The molecular formula is C27H34N2O6. The van der Waals surface area contributed by atoms with Gasteiger partial charge in [0.25, 0.3) is 0 Å². The lowest BCUT2D eigenvalue weighted by Crippen LogP contribution is -2.37. The van der Waals surface area contributed by atoms with Crippen molar-refractivity contribution in [2.75, 3.05) is 32.8 Å². The van der Waals surface area contributed by atoms with Crippen molar-refractivity contribution in [3.63, 3.8) is 0 Å². The molecule has 0 radical (unpaired) electrons. The second-order valence-electron chi connectivity index (χ2n) is 8.79. The summed E-state index contributed by atoms with van der Waals surface area (Å²) < 4.78 is 5.56. The van der Waals surface area contributed by atoms with E-state index in [-0.39, 0.29) is 43.9 Å². The molecule has 3 rings (SSSR count). The third-order valence-corrected chi connectivity index (χ3v) is 6.56. The summed E-state index contributed by atoms with van der Waals surface area (Å²) in [7, 11) is 0. The Morgan fingerprint density at radius 1 is 1.03 bits per heavy atom. The average Bonchev–Trinajstić information content (AvgIpc) is 3.17. The molecule has 2 aromatic carbocycles. The maximum absolute atomic E-state index is 12.4. The maximum atomic E-state index is 12.4. The first-order chi connectivity index (χ1) is 16.9. The second-order valence-corrected chi connectivity index (χ2v) is 8.79. The molecule has 1 aliphatic rings. The fourth-order valence-corrected chi connectivity index (χ4v) is 4.64. The Morgan fingerprint density at radius 2 is 1.66 bits per heavy atom. The predicted octanol–water partition coefficient (Wildman–Crippen LogP) is 3.63. The van der Waals surface area contributed by atoms with Crippen molar-refractivity contribution in [2.45, 2.75) is 38.5 Å². The summed E-state index contributed by atoms with van der Waals surface area (Å²) in [6.07, 6.45) is 1.85. The first kappa shape index (κ1) is 26.2. The van der Waals surface area contributed by atoms with E-state index in [0.29, 0.717) is 19.4 Å². The van der Waals surface area contributed by atoms with Gasteiger partial charge in [-0.3, -0.25) is 9.59 Å². The quantitative estimate of drug-likeness (QED) is 0.402. The van der Waals surface area contributed by atoms with E-state index >= 15 is 0 Å². The highest BCUT2D eigenvalue weighted by Gasteiger charge is 2.29. The fraction of sp³-hybridized carbons (Fsp3) is 0.444. The van der Waals surface area contributed by atoms with Crippen LogP contribution in [0.3, 0.4) is 0 Å². The summed E-state index contributed by atoms with van der Waals surface area (Å²) in [6, 6.07) is 16.4. The summed E-state index contributed by atoms with van der Waals surface area (Å²) in [5, 5.41) is 20.8. The Balaban J connectivity index is 1.43. The Bertz CT molecular complexity index is 979. The standard InChI is InChI=1S/C27H34N2O6/c1-2-19(11-12-25(31)29(15-16-30)17-26(32)33)13-14-28-27(34)35-18-24-22-9-5-3-7-20(22)21-8-4-6-10-23(21)24/h3-10,19,24,30H,2,11-18H2,1H3,(H,28,34)(H,32,33). The van der Waals surface area contributed by atoms with Crippen LogP contribution in [0.15, 0.2) is 48.5 Å². The number of rotatable bonds is 13. The zero-order valence-electron chi connectivity index (χ0n) is 20.1. The minimum absolute atomic E-state index is 0.00522. The van der Waals surface area contributed by atoms with Crippen molar-refractivity contribution in [2.24, 2.45) is 5.92 Å². The van der Waals surface area contributed by atoms with Gasteiger partial charge in [0.2, 0.25) is 5.91 Å². The summed E-state index contributed by atoms with van der Waals surface area (Å²) >= 11 is 0. The van der Waals surface area contributed by atoms with Crippen molar-refractivity contribution < 1.29 is 29.3 Å². The molecule has 0 bridgehead atoms. The number of carbonyl (C=O) groups excluding carboxylic acids is 2. The van der Waals surface area contributed by atoms with Crippen molar-refractivity contribution >= 4 is 18.0 Å². The molecule has 1 atom stereocenters. The SMILES string of the molecule is CCC(CCNC(=O)OCC1c2ccccc2-c2ccccc21)CCC(=O)N(CCO)CC(=O)O. The van der Waals surface area contributed by atoms with Gasteiger partial charge in [-0.2, -0.15) is 0 Å². The van der Waals surface area contributed by atoms with Crippen LogP contribution in [0.4, 0.5) is 4.79 Å². The normalized spacial score (nSPS) is 13.0. The lowest BCUT2D eigenvalue weighted by Gasteiger charge is -2.21. The summed E-state index contributed by atoms with van der Waals surface area (Å²) in [6.45, 7) is 2.02. The molecule has 8 heteroatoms. The third-order valence-electron chi connectivity index (χ3n) is 6.56. The number of amides is 2.